The Morgan fingerprint density at radius 3 is 2.46 bits per heavy atom. The van der Waals surface area contributed by atoms with Crippen molar-refractivity contribution in [1.82, 2.24) is 0 Å². The van der Waals surface area contributed by atoms with Crippen LogP contribution < -0.4 is 0 Å². The fraction of sp³-hybridized carbons (Fsp3) is 1.00. The Balaban J connectivity index is 2.64. The molecule has 1 saturated carbocycles. The molecule has 13 heavy (non-hydrogen) atoms. The van der Waals surface area contributed by atoms with Crippen LogP contribution >= 0.6 is 11.8 Å². The SMILES string of the molecule is CCC1C(C)C(C)CC1C(C)SC. The van der Waals surface area contributed by atoms with Gasteiger partial charge >= 0.3 is 0 Å². The Bertz CT molecular complexity index is 155. The summed E-state index contributed by atoms with van der Waals surface area (Å²) in [5, 5.41) is 0.859. The van der Waals surface area contributed by atoms with Gasteiger partial charge in [-0.2, -0.15) is 11.8 Å². The second kappa shape index (κ2) is 4.72. The van der Waals surface area contributed by atoms with Crippen LogP contribution in [0.2, 0.25) is 0 Å². The molecule has 5 unspecified atom stereocenters. The quantitative estimate of drug-likeness (QED) is 0.662. The van der Waals surface area contributed by atoms with E-state index < -0.39 is 0 Å². The van der Waals surface area contributed by atoms with E-state index in [1.54, 1.807) is 0 Å². The lowest BCUT2D eigenvalue weighted by molar-refractivity contribution is 0.301. The maximum Gasteiger partial charge on any atom is 0.00470 e. The highest BCUT2D eigenvalue weighted by Crippen LogP contribution is 2.46. The Labute approximate surface area is 87.9 Å². The second-order valence-corrected chi connectivity index (χ2v) is 5.96. The Kier molecular flexibility index (Phi) is 4.15. The zero-order chi connectivity index (χ0) is 10.0. The van der Waals surface area contributed by atoms with Gasteiger partial charge in [0.25, 0.3) is 0 Å². The van der Waals surface area contributed by atoms with E-state index in [0.717, 1.165) is 28.9 Å². The summed E-state index contributed by atoms with van der Waals surface area (Å²) in [7, 11) is 0. The minimum atomic E-state index is 0.859. The third-order valence-corrected chi connectivity index (χ3v) is 5.31. The number of hydrogen-bond donors (Lipinski definition) is 0. The standard InChI is InChI=1S/C12H24S/c1-6-11-9(3)8(2)7-12(11)10(4)13-5/h8-12H,6-7H2,1-5H3. The van der Waals surface area contributed by atoms with Gasteiger partial charge in [-0.3, -0.25) is 0 Å². The first-order chi connectivity index (χ1) is 6.11. The van der Waals surface area contributed by atoms with Crippen LogP contribution in [0.3, 0.4) is 0 Å². The number of rotatable bonds is 3. The molecule has 0 amide bonds. The molecule has 0 aromatic heterocycles. The van der Waals surface area contributed by atoms with Crippen molar-refractivity contribution in [2.75, 3.05) is 6.26 Å². The van der Waals surface area contributed by atoms with Gasteiger partial charge in [-0.25, -0.2) is 0 Å². The summed E-state index contributed by atoms with van der Waals surface area (Å²) in [4.78, 5) is 0. The molecule has 0 aromatic carbocycles. The van der Waals surface area contributed by atoms with E-state index in [4.69, 9.17) is 0 Å². The topological polar surface area (TPSA) is 0 Å². The van der Waals surface area contributed by atoms with Crippen LogP contribution in [0.1, 0.15) is 40.5 Å². The van der Waals surface area contributed by atoms with Crippen molar-refractivity contribution in [1.29, 1.82) is 0 Å². The van der Waals surface area contributed by atoms with Crippen molar-refractivity contribution in [3.8, 4) is 0 Å². The minimum absolute atomic E-state index is 0.859. The van der Waals surface area contributed by atoms with Crippen LogP contribution in [0.25, 0.3) is 0 Å². The highest BCUT2D eigenvalue weighted by Gasteiger charge is 2.39. The molecule has 1 fully saturated rings. The molecule has 0 nitrogen and oxygen atoms in total. The molecule has 1 aliphatic carbocycles. The van der Waals surface area contributed by atoms with Crippen LogP contribution in [0, 0.1) is 23.7 Å². The van der Waals surface area contributed by atoms with Crippen LogP contribution in [0.5, 0.6) is 0 Å². The summed E-state index contributed by atoms with van der Waals surface area (Å²) in [6.07, 6.45) is 5.09. The van der Waals surface area contributed by atoms with E-state index in [1.807, 2.05) is 11.8 Å². The van der Waals surface area contributed by atoms with Gasteiger partial charge in [0.1, 0.15) is 0 Å². The molecule has 1 rings (SSSR count). The second-order valence-electron chi connectivity index (χ2n) is 4.75. The summed E-state index contributed by atoms with van der Waals surface area (Å²) in [5.41, 5.74) is 0. The lowest BCUT2D eigenvalue weighted by Crippen LogP contribution is -2.20. The number of hydrogen-bond acceptors (Lipinski definition) is 1. The monoisotopic (exact) mass is 200 g/mol. The summed E-state index contributed by atoms with van der Waals surface area (Å²) < 4.78 is 0. The summed E-state index contributed by atoms with van der Waals surface area (Å²) in [6.45, 7) is 9.65. The van der Waals surface area contributed by atoms with Crippen LogP contribution in [0.4, 0.5) is 0 Å². The predicted octanol–water partition coefficient (Wildman–Crippen LogP) is 4.06. The summed E-state index contributed by atoms with van der Waals surface area (Å²) in [5.74, 6) is 3.86. The first-order valence-corrected chi connectivity index (χ1v) is 6.93. The molecule has 1 aliphatic rings. The van der Waals surface area contributed by atoms with Crippen molar-refractivity contribution in [2.24, 2.45) is 23.7 Å². The third kappa shape index (κ3) is 2.23. The van der Waals surface area contributed by atoms with Crippen molar-refractivity contribution >= 4 is 11.8 Å². The highest BCUT2D eigenvalue weighted by molar-refractivity contribution is 7.99. The van der Waals surface area contributed by atoms with Gasteiger partial charge in [-0.15, -0.1) is 0 Å². The summed E-state index contributed by atoms with van der Waals surface area (Å²) in [6, 6.07) is 0. The molecular weight excluding hydrogens is 176 g/mol. The maximum atomic E-state index is 2.45. The molecule has 0 aromatic rings. The maximum absolute atomic E-state index is 2.45. The van der Waals surface area contributed by atoms with E-state index in [1.165, 1.54) is 12.8 Å². The summed E-state index contributed by atoms with van der Waals surface area (Å²) >= 11 is 2.05. The third-order valence-electron chi connectivity index (χ3n) is 4.21. The van der Waals surface area contributed by atoms with Gasteiger partial charge in [0.15, 0.2) is 0 Å². The first-order valence-electron chi connectivity index (χ1n) is 5.64. The average molecular weight is 200 g/mol. The Morgan fingerprint density at radius 1 is 1.38 bits per heavy atom. The van der Waals surface area contributed by atoms with E-state index in [-0.39, 0.29) is 0 Å². The van der Waals surface area contributed by atoms with Gasteiger partial charge in [-0.05, 0) is 36.3 Å². The molecular formula is C12H24S. The fourth-order valence-corrected chi connectivity index (χ4v) is 3.68. The van der Waals surface area contributed by atoms with Crippen LogP contribution in [0.15, 0.2) is 0 Å². The molecule has 0 radical (unpaired) electrons. The zero-order valence-electron chi connectivity index (χ0n) is 9.71. The smallest absolute Gasteiger partial charge is 0.00470 e. The molecule has 78 valence electrons. The van der Waals surface area contributed by atoms with Gasteiger partial charge in [0, 0.05) is 5.25 Å². The number of thioether (sulfide) groups is 1. The minimum Gasteiger partial charge on any atom is -0.162 e. The van der Waals surface area contributed by atoms with Gasteiger partial charge in [0.2, 0.25) is 0 Å². The van der Waals surface area contributed by atoms with Crippen molar-refractivity contribution in [2.45, 2.75) is 45.8 Å². The van der Waals surface area contributed by atoms with E-state index >= 15 is 0 Å². The average Bonchev–Trinajstić information content (AvgIpc) is 2.42. The van der Waals surface area contributed by atoms with E-state index in [0.29, 0.717) is 0 Å². The Hall–Kier alpha value is 0.350. The van der Waals surface area contributed by atoms with Crippen LogP contribution in [-0.2, 0) is 0 Å². The normalized spacial score (nSPS) is 42.2. The molecule has 0 spiro atoms. The van der Waals surface area contributed by atoms with Crippen molar-refractivity contribution in [3.05, 3.63) is 0 Å². The van der Waals surface area contributed by atoms with Gasteiger partial charge < -0.3 is 0 Å². The first kappa shape index (κ1) is 11.4. The van der Waals surface area contributed by atoms with Gasteiger partial charge in [0.05, 0.1) is 0 Å². The lowest BCUT2D eigenvalue weighted by atomic mass is 9.85. The predicted molar refractivity (Wildman–Crippen MR) is 63.2 cm³/mol. The largest absolute Gasteiger partial charge is 0.162 e. The van der Waals surface area contributed by atoms with Crippen molar-refractivity contribution in [3.63, 3.8) is 0 Å². The molecule has 1 heteroatoms. The zero-order valence-corrected chi connectivity index (χ0v) is 10.5. The fourth-order valence-electron chi connectivity index (χ4n) is 3.02. The molecule has 0 aliphatic heterocycles. The highest BCUT2D eigenvalue weighted by atomic mass is 32.2. The molecule has 0 saturated heterocycles. The lowest BCUT2D eigenvalue weighted by Gasteiger charge is -2.25. The molecule has 0 heterocycles. The van der Waals surface area contributed by atoms with Gasteiger partial charge in [-0.1, -0.05) is 34.1 Å². The molecule has 0 N–H and O–H groups in total. The van der Waals surface area contributed by atoms with Crippen LogP contribution in [-0.4, -0.2) is 11.5 Å². The Morgan fingerprint density at radius 2 is 2.00 bits per heavy atom. The molecule has 0 bridgehead atoms. The van der Waals surface area contributed by atoms with Crippen molar-refractivity contribution < 1.29 is 0 Å². The van der Waals surface area contributed by atoms with E-state index in [2.05, 4.69) is 34.0 Å². The molecule has 5 atom stereocenters. The van der Waals surface area contributed by atoms with E-state index in [9.17, 15) is 0 Å².